The van der Waals surface area contributed by atoms with E-state index in [0.717, 1.165) is 41.8 Å². The average molecular weight is 623 g/mol. The van der Waals surface area contributed by atoms with Crippen molar-refractivity contribution in [3.05, 3.63) is 76.7 Å². The molecule has 2 aliphatic rings. The highest BCUT2D eigenvalue weighted by Gasteiger charge is 2.32. The van der Waals surface area contributed by atoms with Crippen LogP contribution in [0, 0.1) is 17.1 Å². The molecule has 0 saturated carbocycles. The number of piperazine rings is 1. The van der Waals surface area contributed by atoms with E-state index >= 15 is 0 Å². The van der Waals surface area contributed by atoms with Crippen LogP contribution in [-0.4, -0.2) is 72.2 Å². The van der Waals surface area contributed by atoms with Crippen molar-refractivity contribution in [2.24, 2.45) is 0 Å². The zero-order chi connectivity index (χ0) is 31.0. The maximum absolute atomic E-state index is 15.0. The van der Waals surface area contributed by atoms with Crippen LogP contribution in [0.4, 0.5) is 20.2 Å². The fourth-order valence-corrected chi connectivity index (χ4v) is 6.60. The van der Waals surface area contributed by atoms with Crippen molar-refractivity contribution in [2.75, 3.05) is 42.3 Å². The van der Waals surface area contributed by atoms with Gasteiger partial charge >= 0.3 is 10.2 Å². The van der Waals surface area contributed by atoms with Crippen LogP contribution >= 0.6 is 0 Å². The van der Waals surface area contributed by atoms with Crippen molar-refractivity contribution >= 4 is 32.5 Å². The molecular weight excluding hydrogens is 594 g/mol. The second kappa shape index (κ2) is 11.8. The molecule has 0 bridgehead atoms. The van der Waals surface area contributed by atoms with E-state index in [2.05, 4.69) is 31.8 Å². The molecule has 2 saturated heterocycles. The Morgan fingerprint density at radius 1 is 1.16 bits per heavy atom. The van der Waals surface area contributed by atoms with E-state index in [1.807, 2.05) is 6.07 Å². The minimum absolute atomic E-state index is 0.0142. The van der Waals surface area contributed by atoms with Crippen LogP contribution < -0.4 is 25.2 Å². The van der Waals surface area contributed by atoms with Crippen LogP contribution in [0.5, 0.6) is 11.5 Å². The molecule has 2 aromatic heterocycles. The molecule has 228 valence electrons. The summed E-state index contributed by atoms with van der Waals surface area (Å²) in [4.78, 5) is 24.6. The topological polar surface area (TPSA) is 145 Å². The molecule has 2 atom stereocenters. The molecule has 4 heterocycles. The fourth-order valence-electron chi connectivity index (χ4n) is 5.32. The van der Waals surface area contributed by atoms with Gasteiger partial charge in [0.05, 0.1) is 28.5 Å². The molecule has 0 amide bonds. The summed E-state index contributed by atoms with van der Waals surface area (Å²) in [6, 6.07) is 12.1. The fraction of sp³-hybridized carbons (Fsp3) is 0.310. The number of ether oxygens (including phenoxy) is 1. The maximum Gasteiger partial charge on any atom is 0.301 e. The summed E-state index contributed by atoms with van der Waals surface area (Å²) in [7, 11) is -4.21. The second-order valence-electron chi connectivity index (χ2n) is 10.6. The number of anilines is 2. The number of aromatic nitrogens is 3. The van der Waals surface area contributed by atoms with Gasteiger partial charge in [0, 0.05) is 38.8 Å². The Morgan fingerprint density at radius 2 is 2.00 bits per heavy atom. The molecule has 2 N–H and O–H groups in total. The van der Waals surface area contributed by atoms with Gasteiger partial charge in [0.2, 0.25) is 0 Å². The molecule has 2 aromatic carbocycles. The first kappa shape index (κ1) is 29.4. The van der Waals surface area contributed by atoms with Crippen molar-refractivity contribution in [2.45, 2.75) is 25.6 Å². The Morgan fingerprint density at radius 3 is 2.70 bits per heavy atom. The van der Waals surface area contributed by atoms with E-state index in [1.54, 1.807) is 18.3 Å². The minimum Gasteiger partial charge on any atom is -0.453 e. The molecule has 12 nitrogen and oxygen atoms in total. The quantitative estimate of drug-likeness (QED) is 0.318. The van der Waals surface area contributed by atoms with Gasteiger partial charge in [0.15, 0.2) is 11.6 Å². The van der Waals surface area contributed by atoms with Gasteiger partial charge in [-0.05, 0) is 55.8 Å². The third-order valence-corrected chi connectivity index (χ3v) is 9.14. The summed E-state index contributed by atoms with van der Waals surface area (Å²) in [5.74, 6) is -1.10. The third-order valence-electron chi connectivity index (χ3n) is 7.66. The lowest BCUT2D eigenvalue weighted by Crippen LogP contribution is -2.49. The number of hydrogen-bond donors (Lipinski definition) is 2. The summed E-state index contributed by atoms with van der Waals surface area (Å²) < 4.78 is 64.3. The number of benzene rings is 2. The standard InChI is InChI=1S/C29H28F2N8O4S/c1-18-14-33-9-11-38(18)20-2-7-27(34-15-20)39-17-35-25-5-3-21(12-22(25)29(39)40)43-28-23(13-32)26(6-4-24(28)31)36-44(41,42)37-10-8-19(30)16-37/h2-7,12,15,17-19,33,36H,8-11,14,16H2,1H3/t18-,19+/m0/s1. The smallest absolute Gasteiger partial charge is 0.301 e. The summed E-state index contributed by atoms with van der Waals surface area (Å²) in [5.41, 5.74) is 0.184. The van der Waals surface area contributed by atoms with Crippen molar-refractivity contribution in [3.8, 4) is 23.4 Å². The van der Waals surface area contributed by atoms with Gasteiger partial charge in [-0.25, -0.2) is 18.7 Å². The monoisotopic (exact) mass is 622 g/mol. The lowest BCUT2D eigenvalue weighted by atomic mass is 10.1. The number of halogens is 2. The number of nitrogens with zero attached hydrogens (tertiary/aromatic N) is 6. The number of alkyl halides is 1. The maximum atomic E-state index is 15.0. The lowest BCUT2D eigenvalue weighted by Gasteiger charge is -2.35. The Labute approximate surface area is 251 Å². The molecular formula is C29H28F2N8O4S. The number of nitrogens with one attached hydrogen (secondary N) is 2. The Balaban J connectivity index is 1.29. The first-order valence-corrected chi connectivity index (χ1v) is 15.4. The normalized spacial score (nSPS) is 19.2. The van der Waals surface area contributed by atoms with Crippen LogP contribution in [0.15, 0.2) is 59.8 Å². The molecule has 6 rings (SSSR count). The second-order valence-corrected chi connectivity index (χ2v) is 12.3. The number of hydrogen-bond acceptors (Lipinski definition) is 9. The van der Waals surface area contributed by atoms with E-state index in [1.165, 1.54) is 29.1 Å². The molecule has 2 aliphatic heterocycles. The Bertz CT molecular complexity index is 1930. The van der Waals surface area contributed by atoms with Crippen LogP contribution in [0.1, 0.15) is 18.9 Å². The molecule has 2 fully saturated rings. The summed E-state index contributed by atoms with van der Waals surface area (Å²) >= 11 is 0. The van der Waals surface area contributed by atoms with Gasteiger partial charge in [0.25, 0.3) is 5.56 Å². The Hall–Kier alpha value is -4.65. The number of rotatable bonds is 7. The third kappa shape index (κ3) is 5.66. The first-order chi connectivity index (χ1) is 21.1. The number of pyridine rings is 1. The Kier molecular flexibility index (Phi) is 7.89. The molecule has 4 aromatic rings. The van der Waals surface area contributed by atoms with Crippen molar-refractivity contribution in [1.29, 1.82) is 5.26 Å². The molecule has 44 heavy (non-hydrogen) atoms. The average Bonchev–Trinajstić information content (AvgIpc) is 3.47. The molecule has 15 heteroatoms. The van der Waals surface area contributed by atoms with Gasteiger partial charge in [0.1, 0.15) is 35.7 Å². The van der Waals surface area contributed by atoms with Crippen molar-refractivity contribution < 1.29 is 21.9 Å². The van der Waals surface area contributed by atoms with Crippen LogP contribution in [0.25, 0.3) is 16.7 Å². The van der Waals surface area contributed by atoms with Crippen molar-refractivity contribution in [3.63, 3.8) is 0 Å². The molecule has 0 unspecified atom stereocenters. The van der Waals surface area contributed by atoms with Crippen LogP contribution in [-0.2, 0) is 10.2 Å². The van der Waals surface area contributed by atoms with Gasteiger partial charge < -0.3 is 15.0 Å². The zero-order valence-electron chi connectivity index (χ0n) is 23.6. The molecule has 0 radical (unpaired) electrons. The first-order valence-electron chi connectivity index (χ1n) is 13.9. The summed E-state index contributed by atoms with van der Waals surface area (Å²) in [5, 5.41) is 13.3. The highest BCUT2D eigenvalue weighted by atomic mass is 32.2. The van der Waals surface area contributed by atoms with E-state index in [-0.39, 0.29) is 36.3 Å². The molecule has 0 spiro atoms. The predicted molar refractivity (Wildman–Crippen MR) is 160 cm³/mol. The number of fused-ring (bicyclic) bond motifs is 1. The SMILES string of the molecule is C[C@H]1CNCCN1c1ccc(-n2cnc3ccc(Oc4c(F)ccc(NS(=O)(=O)N5CC[C@@H](F)C5)c4C#N)cc3c2=O)nc1. The van der Waals surface area contributed by atoms with Gasteiger partial charge in [-0.15, -0.1) is 0 Å². The van der Waals surface area contributed by atoms with Gasteiger partial charge in [-0.1, -0.05) is 0 Å². The number of nitriles is 1. The van der Waals surface area contributed by atoms with E-state index in [0.29, 0.717) is 17.4 Å². The predicted octanol–water partition coefficient (Wildman–Crippen LogP) is 3.08. The van der Waals surface area contributed by atoms with Crippen molar-refractivity contribution in [1.82, 2.24) is 24.2 Å². The van der Waals surface area contributed by atoms with Gasteiger partial charge in [-0.3, -0.25) is 14.1 Å². The molecule has 0 aliphatic carbocycles. The summed E-state index contributed by atoms with van der Waals surface area (Å²) in [6.07, 6.45) is 1.84. The van der Waals surface area contributed by atoms with E-state index in [9.17, 15) is 27.3 Å². The van der Waals surface area contributed by atoms with Crippen LogP contribution in [0.3, 0.4) is 0 Å². The zero-order valence-corrected chi connectivity index (χ0v) is 24.4. The highest BCUT2D eigenvalue weighted by Crippen LogP contribution is 2.34. The highest BCUT2D eigenvalue weighted by molar-refractivity contribution is 7.90. The van der Waals surface area contributed by atoms with Crippen LogP contribution in [0.2, 0.25) is 0 Å². The lowest BCUT2D eigenvalue weighted by molar-refractivity contribution is 0.343. The van der Waals surface area contributed by atoms with Gasteiger partial charge in [-0.2, -0.15) is 18.0 Å². The van der Waals surface area contributed by atoms with E-state index in [4.69, 9.17) is 4.74 Å². The van der Waals surface area contributed by atoms with E-state index < -0.39 is 39.1 Å². The minimum atomic E-state index is -4.21. The summed E-state index contributed by atoms with van der Waals surface area (Å²) in [6.45, 7) is 4.33. The largest absolute Gasteiger partial charge is 0.453 e.